The highest BCUT2D eigenvalue weighted by Crippen LogP contribution is 2.30. The van der Waals surface area contributed by atoms with Gasteiger partial charge in [-0.1, -0.05) is 42.0 Å². The van der Waals surface area contributed by atoms with Gasteiger partial charge >= 0.3 is 6.18 Å². The Morgan fingerprint density at radius 3 is 2.11 bits per heavy atom. The zero-order valence-corrected chi connectivity index (χ0v) is 14.5. The summed E-state index contributed by atoms with van der Waals surface area (Å²) in [7, 11) is 0. The second-order valence-electron chi connectivity index (χ2n) is 6.18. The number of aryl methyl sites for hydroxylation is 1. The van der Waals surface area contributed by atoms with Gasteiger partial charge in [-0.15, -0.1) is 0 Å². The van der Waals surface area contributed by atoms with Crippen LogP contribution in [-0.2, 0) is 22.2 Å². The minimum atomic E-state index is -4.52. The lowest BCUT2D eigenvalue weighted by Gasteiger charge is -2.19. The van der Waals surface area contributed by atoms with Gasteiger partial charge in [0.15, 0.2) is 6.10 Å². The summed E-state index contributed by atoms with van der Waals surface area (Å²) in [4.78, 5) is 23.8. The summed E-state index contributed by atoms with van der Waals surface area (Å²) < 4.78 is 37.7. The molecule has 5 nitrogen and oxygen atoms in total. The monoisotopic (exact) mass is 380 g/mol. The van der Waals surface area contributed by atoms with Crippen LogP contribution in [0.4, 0.5) is 13.2 Å². The molecular formula is C19H19F3N2O3. The number of alkyl halides is 3. The van der Waals surface area contributed by atoms with E-state index in [-0.39, 0.29) is 12.0 Å². The average Bonchev–Trinajstić information content (AvgIpc) is 2.61. The van der Waals surface area contributed by atoms with E-state index in [9.17, 15) is 27.9 Å². The van der Waals surface area contributed by atoms with E-state index in [0.29, 0.717) is 0 Å². The van der Waals surface area contributed by atoms with Crippen molar-refractivity contribution >= 4 is 11.8 Å². The number of rotatable bonds is 6. The minimum Gasteiger partial charge on any atom is -0.378 e. The van der Waals surface area contributed by atoms with Crippen LogP contribution in [0, 0.1) is 6.92 Å². The predicted octanol–water partition coefficient (Wildman–Crippen LogP) is 2.26. The number of primary amides is 1. The van der Waals surface area contributed by atoms with E-state index in [1.54, 1.807) is 12.1 Å². The Kier molecular flexibility index (Phi) is 6.22. The van der Waals surface area contributed by atoms with Crippen molar-refractivity contribution in [3.63, 3.8) is 0 Å². The average molecular weight is 380 g/mol. The quantitative estimate of drug-likeness (QED) is 0.718. The number of hydrogen-bond donors (Lipinski definition) is 3. The number of aliphatic hydroxyl groups is 1. The van der Waals surface area contributed by atoms with Crippen LogP contribution in [0.5, 0.6) is 0 Å². The Balaban J connectivity index is 2.07. The summed E-state index contributed by atoms with van der Waals surface area (Å²) in [5.41, 5.74) is 6.17. The molecule has 2 atom stereocenters. The number of amides is 2. The molecule has 0 aromatic heterocycles. The van der Waals surface area contributed by atoms with Crippen LogP contribution >= 0.6 is 0 Å². The molecule has 2 amide bonds. The minimum absolute atomic E-state index is 0.0287. The fourth-order valence-electron chi connectivity index (χ4n) is 2.44. The SMILES string of the molecule is Cc1ccc(C[C@H](NC(=O)[C@@H](O)c2ccc(C(F)(F)F)cc2)C(N)=O)cc1. The molecular weight excluding hydrogens is 361 g/mol. The normalized spacial score (nSPS) is 13.7. The van der Waals surface area contributed by atoms with Crippen molar-refractivity contribution in [2.45, 2.75) is 31.7 Å². The van der Waals surface area contributed by atoms with Gasteiger partial charge in [0.05, 0.1) is 5.56 Å². The highest BCUT2D eigenvalue weighted by Gasteiger charge is 2.31. The van der Waals surface area contributed by atoms with Gasteiger partial charge in [-0.2, -0.15) is 13.2 Å². The summed E-state index contributed by atoms with van der Waals surface area (Å²) in [6.45, 7) is 1.90. The number of carbonyl (C=O) groups is 2. The van der Waals surface area contributed by atoms with Crippen molar-refractivity contribution in [3.8, 4) is 0 Å². The van der Waals surface area contributed by atoms with Crippen molar-refractivity contribution in [2.75, 3.05) is 0 Å². The van der Waals surface area contributed by atoms with E-state index in [2.05, 4.69) is 5.32 Å². The van der Waals surface area contributed by atoms with E-state index in [0.717, 1.165) is 35.4 Å². The summed E-state index contributed by atoms with van der Waals surface area (Å²) in [5.74, 6) is -1.71. The third kappa shape index (κ3) is 5.55. The number of aliphatic hydroxyl groups excluding tert-OH is 1. The Morgan fingerprint density at radius 2 is 1.63 bits per heavy atom. The smallest absolute Gasteiger partial charge is 0.378 e. The summed E-state index contributed by atoms with van der Waals surface area (Å²) in [5, 5.41) is 12.4. The summed E-state index contributed by atoms with van der Waals surface area (Å²) >= 11 is 0. The fraction of sp³-hybridized carbons (Fsp3) is 0.263. The highest BCUT2D eigenvalue weighted by molar-refractivity contribution is 5.89. The predicted molar refractivity (Wildman–Crippen MR) is 92.4 cm³/mol. The van der Waals surface area contributed by atoms with Crippen molar-refractivity contribution in [3.05, 3.63) is 70.8 Å². The maximum absolute atomic E-state index is 12.6. The van der Waals surface area contributed by atoms with Gasteiger partial charge in [-0.25, -0.2) is 0 Å². The standard InChI is InChI=1S/C19H19F3N2O3/c1-11-2-4-12(5-3-11)10-15(17(23)26)24-18(27)16(25)13-6-8-14(9-7-13)19(20,21)22/h2-9,15-16,25H,10H2,1H3,(H2,23,26)(H,24,27)/t15-,16-/m0/s1. The topological polar surface area (TPSA) is 92.4 Å². The molecule has 27 heavy (non-hydrogen) atoms. The molecule has 2 rings (SSSR count). The largest absolute Gasteiger partial charge is 0.416 e. The molecule has 2 aromatic carbocycles. The van der Waals surface area contributed by atoms with Crippen molar-refractivity contribution in [1.29, 1.82) is 0 Å². The summed E-state index contributed by atoms with van der Waals surface area (Å²) in [6, 6.07) is 9.72. The van der Waals surface area contributed by atoms with Gasteiger partial charge in [-0.3, -0.25) is 9.59 Å². The molecule has 0 bridgehead atoms. The Morgan fingerprint density at radius 1 is 1.07 bits per heavy atom. The van der Waals surface area contributed by atoms with Crippen LogP contribution in [0.1, 0.15) is 28.4 Å². The number of hydrogen-bond acceptors (Lipinski definition) is 3. The van der Waals surface area contributed by atoms with E-state index in [1.807, 2.05) is 19.1 Å². The molecule has 0 aliphatic rings. The molecule has 0 heterocycles. The highest BCUT2D eigenvalue weighted by atomic mass is 19.4. The zero-order valence-electron chi connectivity index (χ0n) is 14.5. The third-order valence-corrected chi connectivity index (χ3v) is 4.02. The molecule has 2 aromatic rings. The molecule has 4 N–H and O–H groups in total. The molecule has 144 valence electrons. The maximum atomic E-state index is 12.6. The lowest BCUT2D eigenvalue weighted by Crippen LogP contribution is -2.47. The molecule has 0 aliphatic heterocycles. The Labute approximate surface area is 154 Å². The number of nitrogens with two attached hydrogens (primary N) is 1. The molecule has 0 saturated heterocycles. The first-order chi connectivity index (χ1) is 12.6. The molecule has 0 aliphatic carbocycles. The molecule has 0 saturated carbocycles. The van der Waals surface area contributed by atoms with Crippen molar-refractivity contribution in [1.82, 2.24) is 5.32 Å². The number of carbonyl (C=O) groups excluding carboxylic acids is 2. The molecule has 0 fully saturated rings. The second kappa shape index (κ2) is 8.22. The number of halogens is 3. The number of nitrogens with one attached hydrogen (secondary N) is 1. The maximum Gasteiger partial charge on any atom is 0.416 e. The first-order valence-corrected chi connectivity index (χ1v) is 8.08. The molecule has 0 unspecified atom stereocenters. The van der Waals surface area contributed by atoms with Crippen LogP contribution in [0.2, 0.25) is 0 Å². The zero-order chi connectivity index (χ0) is 20.2. The van der Waals surface area contributed by atoms with E-state index < -0.39 is 35.7 Å². The van der Waals surface area contributed by atoms with Crippen LogP contribution in [0.15, 0.2) is 48.5 Å². The van der Waals surface area contributed by atoms with Crippen molar-refractivity contribution in [2.24, 2.45) is 5.73 Å². The third-order valence-electron chi connectivity index (χ3n) is 4.02. The van der Waals surface area contributed by atoms with E-state index in [4.69, 9.17) is 5.73 Å². The first kappa shape index (κ1) is 20.4. The van der Waals surface area contributed by atoms with Crippen molar-refractivity contribution < 1.29 is 27.9 Å². The van der Waals surface area contributed by atoms with Crippen LogP contribution in [0.3, 0.4) is 0 Å². The van der Waals surface area contributed by atoms with Gasteiger partial charge in [-0.05, 0) is 30.2 Å². The van der Waals surface area contributed by atoms with Gasteiger partial charge in [0, 0.05) is 6.42 Å². The summed E-state index contributed by atoms with van der Waals surface area (Å²) in [6.07, 6.45) is -6.12. The number of benzene rings is 2. The first-order valence-electron chi connectivity index (χ1n) is 8.08. The van der Waals surface area contributed by atoms with Crippen LogP contribution < -0.4 is 11.1 Å². The molecule has 8 heteroatoms. The van der Waals surface area contributed by atoms with E-state index in [1.165, 1.54) is 0 Å². The van der Waals surface area contributed by atoms with Gasteiger partial charge in [0.25, 0.3) is 5.91 Å². The lowest BCUT2D eigenvalue weighted by molar-refractivity contribution is -0.137. The molecule has 0 radical (unpaired) electrons. The van der Waals surface area contributed by atoms with Crippen LogP contribution in [-0.4, -0.2) is 23.0 Å². The molecule has 0 spiro atoms. The van der Waals surface area contributed by atoms with Gasteiger partial charge in [0.2, 0.25) is 5.91 Å². The lowest BCUT2D eigenvalue weighted by atomic mass is 10.0. The Bertz CT molecular complexity index is 802. The fourth-order valence-corrected chi connectivity index (χ4v) is 2.44. The van der Waals surface area contributed by atoms with Crippen LogP contribution in [0.25, 0.3) is 0 Å². The Hall–Kier alpha value is -2.87. The van der Waals surface area contributed by atoms with Gasteiger partial charge in [0.1, 0.15) is 6.04 Å². The van der Waals surface area contributed by atoms with Gasteiger partial charge < -0.3 is 16.2 Å². The van der Waals surface area contributed by atoms with E-state index >= 15 is 0 Å². The second-order valence-corrected chi connectivity index (χ2v) is 6.18.